The molecule has 0 aliphatic heterocycles. The zero-order chi connectivity index (χ0) is 10.3. The lowest BCUT2D eigenvalue weighted by Crippen LogP contribution is -1.88. The Morgan fingerprint density at radius 2 is 2.29 bits per heavy atom. The van der Waals surface area contributed by atoms with Crippen LogP contribution in [0.3, 0.4) is 0 Å². The van der Waals surface area contributed by atoms with Gasteiger partial charge >= 0.3 is 0 Å². The molecule has 14 heavy (non-hydrogen) atoms. The Morgan fingerprint density at radius 1 is 1.57 bits per heavy atom. The van der Waals surface area contributed by atoms with Gasteiger partial charge in [0.15, 0.2) is 5.75 Å². The number of ether oxygens (including phenoxy) is 1. The van der Waals surface area contributed by atoms with Crippen LogP contribution in [0.25, 0.3) is 10.9 Å². The third-order valence-corrected chi connectivity index (χ3v) is 4.47. The quantitative estimate of drug-likeness (QED) is 0.787. The molecular weight excluding hydrogens is 359 g/mol. The van der Waals surface area contributed by atoms with Crippen LogP contribution in [0, 0.1) is 10.5 Å². The summed E-state index contributed by atoms with van der Waals surface area (Å²) in [5.41, 5.74) is 1.93. The third kappa shape index (κ3) is 1.42. The third-order valence-electron chi connectivity index (χ3n) is 2.09. The van der Waals surface area contributed by atoms with Crippen molar-refractivity contribution in [1.82, 2.24) is 10.2 Å². The summed E-state index contributed by atoms with van der Waals surface area (Å²) in [7, 11) is 1.65. The Bertz CT molecular complexity index is 495. The van der Waals surface area contributed by atoms with E-state index in [9.17, 15) is 0 Å². The highest BCUT2D eigenvalue weighted by Gasteiger charge is 2.14. The number of benzene rings is 1. The van der Waals surface area contributed by atoms with Gasteiger partial charge in [0.2, 0.25) is 0 Å². The molecule has 0 bridgehead atoms. The van der Waals surface area contributed by atoms with Crippen molar-refractivity contribution in [1.29, 1.82) is 0 Å². The number of aromatic nitrogens is 2. The lowest BCUT2D eigenvalue weighted by Gasteiger charge is -2.05. The van der Waals surface area contributed by atoms with Crippen molar-refractivity contribution in [2.45, 2.75) is 6.92 Å². The van der Waals surface area contributed by atoms with Crippen LogP contribution in [0.5, 0.6) is 5.75 Å². The number of H-pyrrole nitrogens is 1. The molecule has 0 amide bonds. The molecule has 3 nitrogen and oxygen atoms in total. The van der Waals surface area contributed by atoms with Crippen molar-refractivity contribution >= 4 is 49.4 Å². The maximum Gasteiger partial charge on any atom is 0.162 e. The number of nitrogens with one attached hydrogen (secondary N) is 1. The Balaban J connectivity index is 2.90. The molecule has 0 radical (unpaired) electrons. The molecule has 2 rings (SSSR count). The molecule has 0 saturated carbocycles. The Hall–Kier alpha value is -0.300. The monoisotopic (exact) mass is 366 g/mol. The number of aryl methyl sites for hydroxylation is 1. The van der Waals surface area contributed by atoms with Gasteiger partial charge in [0.1, 0.15) is 5.52 Å². The van der Waals surface area contributed by atoms with E-state index in [1.807, 2.05) is 6.92 Å². The summed E-state index contributed by atoms with van der Waals surface area (Å²) in [5.74, 6) is 0.788. The molecule has 0 aliphatic rings. The highest BCUT2D eigenvalue weighted by atomic mass is 127. The van der Waals surface area contributed by atoms with Crippen LogP contribution in [0.2, 0.25) is 0 Å². The summed E-state index contributed by atoms with van der Waals surface area (Å²) in [6.45, 7) is 2.00. The van der Waals surface area contributed by atoms with Crippen LogP contribution in [0.4, 0.5) is 0 Å². The van der Waals surface area contributed by atoms with Crippen LogP contribution in [-0.4, -0.2) is 17.3 Å². The fourth-order valence-corrected chi connectivity index (χ4v) is 2.40. The molecule has 0 spiro atoms. The number of nitrogens with zero attached hydrogens (tertiary/aromatic N) is 1. The van der Waals surface area contributed by atoms with E-state index >= 15 is 0 Å². The number of rotatable bonds is 1. The lowest BCUT2D eigenvalue weighted by molar-refractivity contribution is 0.416. The van der Waals surface area contributed by atoms with E-state index in [1.165, 1.54) is 0 Å². The fraction of sp³-hybridized carbons (Fsp3) is 0.222. The molecule has 1 aromatic heterocycles. The topological polar surface area (TPSA) is 37.9 Å². The molecule has 0 unspecified atom stereocenters. The number of fused-ring (bicyclic) bond motifs is 1. The van der Waals surface area contributed by atoms with E-state index in [1.54, 1.807) is 7.11 Å². The predicted octanol–water partition coefficient (Wildman–Crippen LogP) is 3.25. The molecule has 74 valence electrons. The number of halogens is 2. The summed E-state index contributed by atoms with van der Waals surface area (Å²) < 4.78 is 7.40. The lowest BCUT2D eigenvalue weighted by atomic mass is 10.2. The van der Waals surface area contributed by atoms with Crippen molar-refractivity contribution in [3.8, 4) is 5.75 Å². The molecule has 1 N–H and O–H groups in total. The molecule has 2 aromatic rings. The van der Waals surface area contributed by atoms with Gasteiger partial charge in [-0.05, 0) is 51.5 Å². The smallest absolute Gasteiger partial charge is 0.162 e. The first-order valence-electron chi connectivity index (χ1n) is 4.01. The van der Waals surface area contributed by atoms with E-state index in [2.05, 4.69) is 54.8 Å². The maximum absolute atomic E-state index is 5.32. The number of hydrogen-bond acceptors (Lipinski definition) is 2. The van der Waals surface area contributed by atoms with Gasteiger partial charge in [-0.2, -0.15) is 5.10 Å². The van der Waals surface area contributed by atoms with Gasteiger partial charge in [0.05, 0.1) is 11.6 Å². The highest BCUT2D eigenvalue weighted by Crippen LogP contribution is 2.37. The van der Waals surface area contributed by atoms with Gasteiger partial charge < -0.3 is 4.74 Å². The molecule has 0 atom stereocenters. The SMILES string of the molecule is COc1c(Br)c(I)cc2c(C)[nH]nc12. The van der Waals surface area contributed by atoms with E-state index in [4.69, 9.17) is 4.74 Å². The summed E-state index contributed by atoms with van der Waals surface area (Å²) in [4.78, 5) is 0. The van der Waals surface area contributed by atoms with Crippen LogP contribution in [-0.2, 0) is 0 Å². The molecule has 0 aliphatic carbocycles. The normalized spacial score (nSPS) is 10.9. The molecule has 0 saturated heterocycles. The second-order valence-electron chi connectivity index (χ2n) is 2.95. The summed E-state index contributed by atoms with van der Waals surface area (Å²) in [6.07, 6.45) is 0. The van der Waals surface area contributed by atoms with Crippen molar-refractivity contribution in [2.75, 3.05) is 7.11 Å². The minimum absolute atomic E-state index is 0.788. The Kier molecular flexibility index (Phi) is 2.70. The molecule has 1 aromatic carbocycles. The zero-order valence-electron chi connectivity index (χ0n) is 7.69. The standard InChI is InChI=1S/C9H8BrIN2O/c1-4-5-3-6(11)7(10)9(14-2)8(5)13-12-4/h3H,1-2H3,(H,12,13). The van der Waals surface area contributed by atoms with Crippen LogP contribution in [0.1, 0.15) is 5.69 Å². The van der Waals surface area contributed by atoms with Gasteiger partial charge in [-0.25, -0.2) is 0 Å². The minimum Gasteiger partial charge on any atom is -0.493 e. The van der Waals surface area contributed by atoms with Gasteiger partial charge in [0, 0.05) is 14.7 Å². The largest absolute Gasteiger partial charge is 0.493 e. The number of hydrogen-bond donors (Lipinski definition) is 1. The number of aromatic amines is 1. The van der Waals surface area contributed by atoms with Gasteiger partial charge in [0.25, 0.3) is 0 Å². The van der Waals surface area contributed by atoms with Gasteiger partial charge in [-0.1, -0.05) is 0 Å². The van der Waals surface area contributed by atoms with Crippen molar-refractivity contribution < 1.29 is 4.74 Å². The summed E-state index contributed by atoms with van der Waals surface area (Å²) in [6, 6.07) is 2.08. The fourth-order valence-electron chi connectivity index (χ4n) is 1.38. The van der Waals surface area contributed by atoms with E-state index < -0.39 is 0 Å². The first kappa shape index (κ1) is 10.2. The Morgan fingerprint density at radius 3 is 2.93 bits per heavy atom. The van der Waals surface area contributed by atoms with Crippen LogP contribution < -0.4 is 4.74 Å². The highest BCUT2D eigenvalue weighted by molar-refractivity contribution is 14.1. The molecule has 5 heteroatoms. The predicted molar refractivity (Wildman–Crippen MR) is 67.8 cm³/mol. The molecular formula is C9H8BrIN2O. The van der Waals surface area contributed by atoms with E-state index in [0.29, 0.717) is 0 Å². The van der Waals surface area contributed by atoms with Crippen molar-refractivity contribution in [3.63, 3.8) is 0 Å². The average Bonchev–Trinajstić information content (AvgIpc) is 2.51. The van der Waals surface area contributed by atoms with Crippen molar-refractivity contribution in [3.05, 3.63) is 19.8 Å². The molecule has 1 heterocycles. The first-order valence-corrected chi connectivity index (χ1v) is 5.89. The van der Waals surface area contributed by atoms with Gasteiger partial charge in [-0.3, -0.25) is 5.10 Å². The average molecular weight is 367 g/mol. The zero-order valence-corrected chi connectivity index (χ0v) is 11.4. The first-order chi connectivity index (χ1) is 6.65. The van der Waals surface area contributed by atoms with E-state index in [-0.39, 0.29) is 0 Å². The van der Waals surface area contributed by atoms with Gasteiger partial charge in [-0.15, -0.1) is 0 Å². The van der Waals surface area contributed by atoms with Crippen molar-refractivity contribution in [2.24, 2.45) is 0 Å². The van der Waals surface area contributed by atoms with Crippen LogP contribution >= 0.6 is 38.5 Å². The van der Waals surface area contributed by atoms with E-state index in [0.717, 1.165) is 30.4 Å². The summed E-state index contributed by atoms with van der Waals surface area (Å²) in [5, 5.41) is 8.27. The second kappa shape index (κ2) is 3.69. The number of methoxy groups -OCH3 is 1. The van der Waals surface area contributed by atoms with Crippen LogP contribution in [0.15, 0.2) is 10.5 Å². The minimum atomic E-state index is 0.788. The summed E-state index contributed by atoms with van der Waals surface area (Å²) >= 11 is 5.75. The maximum atomic E-state index is 5.32. The molecule has 0 fully saturated rings. The second-order valence-corrected chi connectivity index (χ2v) is 4.91. The Labute approximate surface area is 103 Å².